The molecule has 60 valence electrons. The molecule has 1 rings (SSSR count). The van der Waals surface area contributed by atoms with Crippen LogP contribution in [-0.4, -0.2) is 13.2 Å². The summed E-state index contributed by atoms with van der Waals surface area (Å²) in [6.07, 6.45) is 2.68. The van der Waals surface area contributed by atoms with Crippen molar-refractivity contribution in [3.8, 4) is 6.07 Å². The number of rotatable bonds is 2. The minimum absolute atomic E-state index is 0.231. The summed E-state index contributed by atoms with van der Waals surface area (Å²) in [5.41, 5.74) is -0.290. The van der Waals surface area contributed by atoms with E-state index in [0.29, 0.717) is 13.2 Å². The maximum atomic E-state index is 8.94. The average molecular weight is 151 g/mol. The summed E-state index contributed by atoms with van der Waals surface area (Å²) < 4.78 is 5.20. The zero-order valence-corrected chi connectivity index (χ0v) is 6.84. The highest BCUT2D eigenvalue weighted by atomic mass is 16.5. The van der Waals surface area contributed by atoms with Gasteiger partial charge in [-0.3, -0.25) is 0 Å². The highest BCUT2D eigenvalue weighted by molar-refractivity contribution is 5.08. The molecule has 1 aliphatic rings. The van der Waals surface area contributed by atoms with Gasteiger partial charge in [-0.25, -0.2) is 0 Å². The van der Waals surface area contributed by atoms with Crippen molar-refractivity contribution in [3.05, 3.63) is 12.7 Å². The van der Waals surface area contributed by atoms with Crippen molar-refractivity contribution >= 4 is 0 Å². The van der Waals surface area contributed by atoms with Crippen molar-refractivity contribution < 1.29 is 4.74 Å². The Hall–Kier alpha value is -0.810. The fourth-order valence-corrected chi connectivity index (χ4v) is 1.36. The van der Waals surface area contributed by atoms with E-state index in [1.807, 2.05) is 13.0 Å². The zero-order valence-electron chi connectivity index (χ0n) is 6.84. The molecule has 0 radical (unpaired) electrons. The molecular weight excluding hydrogens is 138 g/mol. The molecule has 0 N–H and O–H groups in total. The van der Waals surface area contributed by atoms with Crippen molar-refractivity contribution in [2.24, 2.45) is 11.3 Å². The summed E-state index contributed by atoms with van der Waals surface area (Å²) in [5.74, 6) is 0.231. The lowest BCUT2D eigenvalue weighted by Crippen LogP contribution is -2.25. The van der Waals surface area contributed by atoms with E-state index in [9.17, 15) is 0 Å². The van der Waals surface area contributed by atoms with Crippen LogP contribution in [0.4, 0.5) is 0 Å². The number of nitrogens with zero attached hydrogens (tertiary/aromatic N) is 1. The van der Waals surface area contributed by atoms with Gasteiger partial charge in [-0.2, -0.15) is 5.26 Å². The molecule has 11 heavy (non-hydrogen) atoms. The molecule has 1 saturated heterocycles. The van der Waals surface area contributed by atoms with Crippen LogP contribution < -0.4 is 0 Å². The van der Waals surface area contributed by atoms with Gasteiger partial charge in [0.25, 0.3) is 0 Å². The molecule has 0 aromatic heterocycles. The number of ether oxygens (including phenoxy) is 1. The Balaban J connectivity index is 2.76. The number of nitriles is 1. The Morgan fingerprint density at radius 1 is 1.82 bits per heavy atom. The fourth-order valence-electron chi connectivity index (χ4n) is 1.36. The molecule has 1 heterocycles. The smallest absolute Gasteiger partial charge is 0.0888 e. The van der Waals surface area contributed by atoms with Gasteiger partial charge in [0.1, 0.15) is 0 Å². The van der Waals surface area contributed by atoms with Crippen LogP contribution in [0.3, 0.4) is 0 Å². The van der Waals surface area contributed by atoms with Crippen LogP contribution in [0.25, 0.3) is 0 Å². The predicted molar refractivity (Wildman–Crippen MR) is 42.8 cm³/mol. The topological polar surface area (TPSA) is 33.0 Å². The second kappa shape index (κ2) is 3.06. The first kappa shape index (κ1) is 8.29. The maximum absolute atomic E-state index is 8.94. The molecule has 2 unspecified atom stereocenters. The monoisotopic (exact) mass is 151 g/mol. The number of hydrogen-bond donors (Lipinski definition) is 0. The van der Waals surface area contributed by atoms with E-state index >= 15 is 0 Å². The molecule has 0 saturated carbocycles. The van der Waals surface area contributed by atoms with Gasteiger partial charge in [0.05, 0.1) is 18.1 Å². The van der Waals surface area contributed by atoms with Gasteiger partial charge in [0, 0.05) is 6.61 Å². The second-order valence-corrected chi connectivity index (χ2v) is 3.09. The normalized spacial score (nSPS) is 32.7. The van der Waals surface area contributed by atoms with Gasteiger partial charge in [0.2, 0.25) is 0 Å². The lowest BCUT2D eigenvalue weighted by molar-refractivity contribution is 0.159. The summed E-state index contributed by atoms with van der Waals surface area (Å²) in [6.45, 7) is 6.99. The van der Waals surface area contributed by atoms with Crippen molar-refractivity contribution in [2.45, 2.75) is 13.3 Å². The highest BCUT2D eigenvalue weighted by Crippen LogP contribution is 2.36. The summed E-state index contributed by atoms with van der Waals surface area (Å²) >= 11 is 0. The maximum Gasteiger partial charge on any atom is 0.0888 e. The lowest BCUT2D eigenvalue weighted by atomic mass is 9.77. The molecule has 1 aliphatic heterocycles. The molecule has 0 bridgehead atoms. The van der Waals surface area contributed by atoms with Gasteiger partial charge in [-0.1, -0.05) is 13.0 Å². The standard InChI is InChI=1S/C9H13NO/c1-3-8(2)9(6-10)4-5-11-7-9/h3,8H,1,4-5,7H2,2H3. The second-order valence-electron chi connectivity index (χ2n) is 3.09. The third-order valence-electron chi connectivity index (χ3n) is 2.50. The Morgan fingerprint density at radius 2 is 2.55 bits per heavy atom. The molecular formula is C9H13NO. The van der Waals surface area contributed by atoms with Crippen LogP contribution in [0.2, 0.25) is 0 Å². The fraction of sp³-hybridized carbons (Fsp3) is 0.667. The molecule has 2 nitrogen and oxygen atoms in total. The summed E-state index contributed by atoms with van der Waals surface area (Å²) in [7, 11) is 0. The number of hydrogen-bond acceptors (Lipinski definition) is 2. The van der Waals surface area contributed by atoms with Crippen molar-refractivity contribution in [3.63, 3.8) is 0 Å². The van der Waals surface area contributed by atoms with E-state index in [1.165, 1.54) is 0 Å². The van der Waals surface area contributed by atoms with Crippen molar-refractivity contribution in [1.82, 2.24) is 0 Å². The van der Waals surface area contributed by atoms with E-state index in [2.05, 4.69) is 12.6 Å². The van der Waals surface area contributed by atoms with E-state index in [4.69, 9.17) is 10.00 Å². The molecule has 0 aliphatic carbocycles. The predicted octanol–water partition coefficient (Wildman–Crippen LogP) is 1.74. The van der Waals surface area contributed by atoms with Crippen LogP contribution in [-0.2, 0) is 4.74 Å². The Morgan fingerprint density at radius 3 is 2.91 bits per heavy atom. The average Bonchev–Trinajstić information content (AvgIpc) is 2.52. The first-order valence-electron chi connectivity index (χ1n) is 3.87. The van der Waals surface area contributed by atoms with E-state index in [1.54, 1.807) is 0 Å². The minimum Gasteiger partial charge on any atom is -0.380 e. The van der Waals surface area contributed by atoms with Gasteiger partial charge in [-0.05, 0) is 12.3 Å². The number of allylic oxidation sites excluding steroid dienone is 1. The largest absolute Gasteiger partial charge is 0.380 e. The molecule has 0 aromatic rings. The molecule has 2 atom stereocenters. The molecule has 0 aromatic carbocycles. The van der Waals surface area contributed by atoms with E-state index < -0.39 is 0 Å². The third kappa shape index (κ3) is 1.29. The van der Waals surface area contributed by atoms with E-state index in [-0.39, 0.29) is 11.3 Å². The zero-order chi connectivity index (χ0) is 8.32. The Bertz CT molecular complexity index is 186. The quantitative estimate of drug-likeness (QED) is 0.563. The van der Waals surface area contributed by atoms with E-state index in [0.717, 1.165) is 6.42 Å². The Kier molecular flexibility index (Phi) is 2.31. The highest BCUT2D eigenvalue weighted by Gasteiger charge is 2.38. The van der Waals surface area contributed by atoms with Gasteiger partial charge in [-0.15, -0.1) is 6.58 Å². The van der Waals surface area contributed by atoms with Gasteiger partial charge >= 0.3 is 0 Å². The Labute approximate surface area is 67.5 Å². The summed E-state index contributed by atoms with van der Waals surface area (Å²) in [4.78, 5) is 0. The summed E-state index contributed by atoms with van der Waals surface area (Å²) in [5, 5.41) is 8.94. The lowest BCUT2D eigenvalue weighted by Gasteiger charge is -2.23. The van der Waals surface area contributed by atoms with Crippen LogP contribution >= 0.6 is 0 Å². The van der Waals surface area contributed by atoms with Crippen LogP contribution in [0, 0.1) is 22.7 Å². The SMILES string of the molecule is C=CC(C)C1(C#N)CCOC1. The molecule has 2 heteroatoms. The van der Waals surface area contributed by atoms with Gasteiger partial charge in [0.15, 0.2) is 0 Å². The molecule has 0 spiro atoms. The first-order chi connectivity index (χ1) is 5.25. The van der Waals surface area contributed by atoms with Crippen LogP contribution in [0.15, 0.2) is 12.7 Å². The van der Waals surface area contributed by atoms with Gasteiger partial charge < -0.3 is 4.74 Å². The van der Waals surface area contributed by atoms with Crippen molar-refractivity contribution in [2.75, 3.05) is 13.2 Å². The first-order valence-corrected chi connectivity index (χ1v) is 3.87. The third-order valence-corrected chi connectivity index (χ3v) is 2.50. The van der Waals surface area contributed by atoms with Crippen LogP contribution in [0.5, 0.6) is 0 Å². The minimum atomic E-state index is -0.290. The van der Waals surface area contributed by atoms with Crippen molar-refractivity contribution in [1.29, 1.82) is 5.26 Å². The summed E-state index contributed by atoms with van der Waals surface area (Å²) in [6, 6.07) is 2.33. The molecule has 1 fully saturated rings. The molecule has 0 amide bonds. The van der Waals surface area contributed by atoms with Crippen LogP contribution in [0.1, 0.15) is 13.3 Å².